The van der Waals surface area contributed by atoms with Gasteiger partial charge in [-0.05, 0) is 138 Å². The number of nitrogens with one attached hydrogen (secondary N) is 2. The summed E-state index contributed by atoms with van der Waals surface area (Å²) in [6, 6.07) is 28.5. The molecule has 5 aromatic rings. The van der Waals surface area contributed by atoms with Crippen molar-refractivity contribution in [3.8, 4) is 5.75 Å². The van der Waals surface area contributed by atoms with E-state index in [1.165, 1.54) is 40.7 Å². The first-order valence-corrected chi connectivity index (χ1v) is 24.2. The fourth-order valence-electron chi connectivity index (χ4n) is 8.83. The monoisotopic (exact) mass is 896 g/mol. The Kier molecular flexibility index (Phi) is 16.1. The molecule has 1 unspecified atom stereocenters. The van der Waals surface area contributed by atoms with Crippen LogP contribution in [0.1, 0.15) is 138 Å². The van der Waals surface area contributed by atoms with E-state index in [2.05, 4.69) is 60.9 Å². The molecule has 1 aliphatic carbocycles. The van der Waals surface area contributed by atoms with Crippen LogP contribution in [0.5, 0.6) is 5.75 Å². The Morgan fingerprint density at radius 3 is 2.09 bits per heavy atom. The molecule has 1 atom stereocenters. The molecule has 0 saturated carbocycles. The molecule has 1 saturated heterocycles. The number of aromatic nitrogens is 1. The number of unbranched alkanes of at least 4 members (excludes halogenated alkanes) is 3. The summed E-state index contributed by atoms with van der Waals surface area (Å²) in [5, 5.41) is 7.90. The Morgan fingerprint density at radius 1 is 0.758 bits per heavy atom. The number of aryl methyl sites for hydroxylation is 2. The van der Waals surface area contributed by atoms with Crippen molar-refractivity contribution in [3.63, 3.8) is 0 Å². The summed E-state index contributed by atoms with van der Waals surface area (Å²) in [6.07, 6.45) is 8.99. The molecule has 1 aromatic heterocycles. The standard InChI is InChI=1S/C55H70BN3O7/c1-37(2)31-40-21-25-42(26-22-40)39(4)52(60)63-35-43-32-38(3)33-44(51(43)62-34-41-23-27-45(28-24-41)56-65-54(5,6)55(7,8)66-56)36-64-53(61)58-30-16-10-9-15-29-57-50-46-17-11-13-19-48(46)59-49-20-14-12-18-47(49)50/h11,13,17,19,21-28,32-33,37,39H,9-10,12,14-16,18,20,29-31,34-36H2,1-8H3,(H,57,59)(H,58,61). The second-order valence-corrected chi connectivity index (χ2v) is 19.7. The molecule has 2 heterocycles. The quantitative estimate of drug-likeness (QED) is 0.0447. The Hall–Kier alpha value is -5.39. The van der Waals surface area contributed by atoms with Crippen molar-refractivity contribution in [2.24, 2.45) is 5.92 Å². The van der Waals surface area contributed by atoms with Crippen molar-refractivity contribution >= 4 is 41.2 Å². The normalized spacial score (nSPS) is 15.6. The lowest BCUT2D eigenvalue weighted by atomic mass is 9.79. The van der Waals surface area contributed by atoms with Crippen LogP contribution in [0.25, 0.3) is 10.9 Å². The molecule has 2 N–H and O–H groups in total. The van der Waals surface area contributed by atoms with Gasteiger partial charge in [-0.1, -0.05) is 99.0 Å². The van der Waals surface area contributed by atoms with Gasteiger partial charge in [0.1, 0.15) is 25.6 Å². The molecule has 2 aliphatic rings. The van der Waals surface area contributed by atoms with Crippen LogP contribution in [0.2, 0.25) is 0 Å². The van der Waals surface area contributed by atoms with Crippen LogP contribution >= 0.6 is 0 Å². The molecule has 1 amide bonds. The third-order valence-corrected chi connectivity index (χ3v) is 13.3. The van der Waals surface area contributed by atoms with E-state index in [0.29, 0.717) is 29.3 Å². The van der Waals surface area contributed by atoms with E-state index in [1.807, 2.05) is 90.1 Å². The molecule has 350 valence electrons. The second-order valence-electron chi connectivity index (χ2n) is 19.7. The highest BCUT2D eigenvalue weighted by Crippen LogP contribution is 2.37. The number of rotatable bonds is 20. The molecule has 11 heteroatoms. The number of benzene rings is 4. The van der Waals surface area contributed by atoms with Crippen LogP contribution in [-0.4, -0.2) is 48.5 Å². The summed E-state index contributed by atoms with van der Waals surface area (Å²) in [5.41, 5.74) is 10.4. The van der Waals surface area contributed by atoms with E-state index in [1.54, 1.807) is 0 Å². The Labute approximate surface area is 393 Å². The summed E-state index contributed by atoms with van der Waals surface area (Å²) in [7, 11) is -0.467. The number of amides is 1. The summed E-state index contributed by atoms with van der Waals surface area (Å²) >= 11 is 0. The predicted molar refractivity (Wildman–Crippen MR) is 264 cm³/mol. The number of hydrogen-bond donors (Lipinski definition) is 2. The van der Waals surface area contributed by atoms with Gasteiger partial charge < -0.3 is 34.2 Å². The number of nitrogens with zero attached hydrogens (tertiary/aromatic N) is 1. The fraction of sp³-hybridized carbons (Fsp3) is 0.473. The van der Waals surface area contributed by atoms with Crippen molar-refractivity contribution in [1.82, 2.24) is 10.3 Å². The number of para-hydroxylation sites is 1. The summed E-state index contributed by atoms with van der Waals surface area (Å²) in [4.78, 5) is 31.5. The minimum Gasteiger partial charge on any atom is -0.488 e. The minimum atomic E-state index is -0.488. The molecule has 4 aromatic carbocycles. The fourth-order valence-corrected chi connectivity index (χ4v) is 8.83. The number of anilines is 1. The van der Waals surface area contributed by atoms with Gasteiger partial charge in [0.2, 0.25) is 0 Å². The topological polar surface area (TPSA) is 117 Å². The van der Waals surface area contributed by atoms with Gasteiger partial charge in [-0.3, -0.25) is 9.78 Å². The third-order valence-electron chi connectivity index (χ3n) is 13.3. The van der Waals surface area contributed by atoms with Crippen LogP contribution < -0.4 is 20.8 Å². The third kappa shape index (κ3) is 12.3. The van der Waals surface area contributed by atoms with Gasteiger partial charge in [0.15, 0.2) is 0 Å². The zero-order valence-electron chi connectivity index (χ0n) is 40.5. The molecule has 0 bridgehead atoms. The van der Waals surface area contributed by atoms with E-state index in [4.69, 9.17) is 28.5 Å². The Bertz CT molecular complexity index is 2420. The first kappa shape index (κ1) is 48.5. The van der Waals surface area contributed by atoms with Gasteiger partial charge in [0, 0.05) is 41.0 Å². The van der Waals surface area contributed by atoms with Crippen molar-refractivity contribution in [3.05, 3.63) is 130 Å². The number of pyridine rings is 1. The summed E-state index contributed by atoms with van der Waals surface area (Å²) in [6.45, 7) is 18.0. The van der Waals surface area contributed by atoms with Crippen molar-refractivity contribution < 1.29 is 33.1 Å². The van der Waals surface area contributed by atoms with Crippen LogP contribution in [0.15, 0.2) is 84.9 Å². The van der Waals surface area contributed by atoms with Crippen LogP contribution in [-0.2, 0) is 62.7 Å². The number of ether oxygens (including phenoxy) is 3. The van der Waals surface area contributed by atoms with E-state index in [9.17, 15) is 9.59 Å². The van der Waals surface area contributed by atoms with Gasteiger partial charge in [0.05, 0.1) is 22.6 Å². The lowest BCUT2D eigenvalue weighted by Crippen LogP contribution is -2.41. The number of carbonyl (C=O) groups is 2. The van der Waals surface area contributed by atoms with E-state index in [-0.39, 0.29) is 25.8 Å². The van der Waals surface area contributed by atoms with Gasteiger partial charge in [-0.2, -0.15) is 0 Å². The SMILES string of the molecule is Cc1cc(COC(=O)NCCCCCCNc2c3c(nc4ccccc24)CCCC3)c(OCc2ccc(B3OC(C)(C)C(C)(C)O3)cc2)c(COC(=O)C(C)c2ccc(CC(C)C)cc2)c1. The number of hydrogen-bond acceptors (Lipinski definition) is 9. The van der Waals surface area contributed by atoms with Gasteiger partial charge >= 0.3 is 19.2 Å². The molecule has 1 fully saturated rings. The zero-order valence-corrected chi connectivity index (χ0v) is 40.5. The van der Waals surface area contributed by atoms with E-state index in [0.717, 1.165) is 79.2 Å². The largest absolute Gasteiger partial charge is 0.494 e. The minimum absolute atomic E-state index is 0.00253. The van der Waals surface area contributed by atoms with E-state index < -0.39 is 30.3 Å². The maximum atomic E-state index is 13.5. The molecule has 66 heavy (non-hydrogen) atoms. The average molecular weight is 896 g/mol. The summed E-state index contributed by atoms with van der Waals surface area (Å²) in [5.74, 6) is 0.299. The molecule has 0 radical (unpaired) electrons. The lowest BCUT2D eigenvalue weighted by molar-refractivity contribution is -0.146. The first-order valence-electron chi connectivity index (χ1n) is 24.2. The number of esters is 1. The van der Waals surface area contributed by atoms with Gasteiger partial charge in [-0.15, -0.1) is 0 Å². The van der Waals surface area contributed by atoms with E-state index >= 15 is 0 Å². The maximum absolute atomic E-state index is 13.5. The Balaban J connectivity index is 0.935. The van der Waals surface area contributed by atoms with Gasteiger partial charge in [-0.25, -0.2) is 4.79 Å². The highest BCUT2D eigenvalue weighted by Gasteiger charge is 2.51. The van der Waals surface area contributed by atoms with Crippen molar-refractivity contribution in [1.29, 1.82) is 0 Å². The number of carbonyl (C=O) groups excluding carboxylic acids is 2. The molecular formula is C55H70BN3O7. The van der Waals surface area contributed by atoms with Crippen LogP contribution in [0.3, 0.4) is 0 Å². The second kappa shape index (κ2) is 21.9. The average Bonchev–Trinajstić information content (AvgIpc) is 3.52. The van der Waals surface area contributed by atoms with Crippen molar-refractivity contribution in [2.45, 2.75) is 150 Å². The van der Waals surface area contributed by atoms with Crippen LogP contribution in [0.4, 0.5) is 10.5 Å². The Morgan fingerprint density at radius 2 is 1.39 bits per heavy atom. The molecule has 10 nitrogen and oxygen atoms in total. The molecule has 1 aliphatic heterocycles. The molecule has 0 spiro atoms. The smallest absolute Gasteiger partial charge is 0.488 e. The maximum Gasteiger partial charge on any atom is 0.494 e. The zero-order chi connectivity index (χ0) is 46.8. The lowest BCUT2D eigenvalue weighted by Gasteiger charge is -2.32. The highest BCUT2D eigenvalue weighted by molar-refractivity contribution is 6.62. The van der Waals surface area contributed by atoms with Crippen molar-refractivity contribution in [2.75, 3.05) is 18.4 Å². The number of alkyl carbamates (subject to hydrolysis) is 1. The van der Waals surface area contributed by atoms with Gasteiger partial charge in [0.25, 0.3) is 0 Å². The van der Waals surface area contributed by atoms with Crippen LogP contribution in [0, 0.1) is 12.8 Å². The molecular weight excluding hydrogens is 825 g/mol. The molecule has 7 rings (SSSR count). The summed E-state index contributed by atoms with van der Waals surface area (Å²) < 4.78 is 30.8. The number of fused-ring (bicyclic) bond motifs is 2. The first-order chi connectivity index (χ1) is 31.7. The predicted octanol–water partition coefficient (Wildman–Crippen LogP) is 11.2. The highest BCUT2D eigenvalue weighted by atomic mass is 16.7.